The van der Waals surface area contributed by atoms with Crippen LogP contribution in [0, 0.1) is 0 Å². The van der Waals surface area contributed by atoms with Crippen LogP contribution in [0.4, 0.5) is 0 Å². The van der Waals surface area contributed by atoms with Crippen LogP contribution in [0.3, 0.4) is 0 Å². The van der Waals surface area contributed by atoms with Gasteiger partial charge in [-0.25, -0.2) is 0 Å². The molecule has 0 amide bonds. The smallest absolute Gasteiger partial charge is 0.154 e. The fraction of sp³-hybridized carbons (Fsp3) is 0.308. The summed E-state index contributed by atoms with van der Waals surface area (Å²) in [6, 6.07) is 0. The minimum Gasteiger partial charge on any atom is -0.295 e. The lowest BCUT2D eigenvalue weighted by Crippen LogP contribution is -1.86. The second kappa shape index (κ2) is 51.3. The topological polar surface area (TPSA) is 154 Å². The van der Waals surface area contributed by atoms with E-state index in [1.54, 1.807) is 20.8 Å². The van der Waals surface area contributed by atoms with Crippen molar-refractivity contribution >= 4 is 52.0 Å². The molecule has 0 spiro atoms. The Morgan fingerprint density at radius 1 is 0.271 bits per heavy atom. The highest BCUT2D eigenvalue weighted by molar-refractivity contribution is 5.92. The minimum absolute atomic E-state index is 0.0185. The number of hydrogen-bond donors (Lipinski definition) is 0. The number of hydrogen-bond acceptors (Lipinski definition) is 9. The van der Waals surface area contributed by atoms with E-state index in [2.05, 4.69) is 59.2 Å². The zero-order chi connectivity index (χ0) is 41.2. The monoisotopic (exact) mass is 672 g/mol. The fourth-order valence-electron chi connectivity index (χ4n) is 0. The summed E-state index contributed by atoms with van der Waals surface area (Å²) in [6.07, 6.45) is 7.67. The Balaban J connectivity index is -0.0000000510. The summed E-state index contributed by atoms with van der Waals surface area (Å²) in [7, 11) is 0. The van der Waals surface area contributed by atoms with Crippen LogP contribution < -0.4 is 0 Å². The Morgan fingerprint density at radius 2 is 0.312 bits per heavy atom. The summed E-state index contributed by atoms with van der Waals surface area (Å²) >= 11 is 0. The third-order valence-electron chi connectivity index (χ3n) is 3.53. The van der Waals surface area contributed by atoms with Gasteiger partial charge in [0.15, 0.2) is 52.0 Å². The number of ketones is 9. The third kappa shape index (κ3) is 183. The highest BCUT2D eigenvalue weighted by Crippen LogP contribution is 1.85. The van der Waals surface area contributed by atoms with Crippen molar-refractivity contribution in [2.45, 2.75) is 83.1 Å². The van der Waals surface area contributed by atoms with Crippen molar-refractivity contribution in [1.82, 2.24) is 0 Å². The molecule has 0 aromatic heterocycles. The normalized spacial score (nSPS) is 7.00. The molecule has 9 heteroatoms. The van der Waals surface area contributed by atoms with E-state index >= 15 is 0 Å². The Labute approximate surface area is 290 Å². The zero-order valence-corrected chi connectivity index (χ0v) is 31.5. The summed E-state index contributed by atoms with van der Waals surface area (Å²) < 4.78 is 0. The highest BCUT2D eigenvalue weighted by Gasteiger charge is 1.87. The second-order valence-electron chi connectivity index (χ2n) is 8.90. The van der Waals surface area contributed by atoms with Gasteiger partial charge in [0.2, 0.25) is 0 Å². The molecule has 0 saturated carbocycles. The van der Waals surface area contributed by atoms with Crippen LogP contribution in [0.15, 0.2) is 112 Å². The Kier molecular flexibility index (Phi) is 69.8. The molecule has 0 aromatic carbocycles. The Morgan fingerprint density at radius 3 is 0.312 bits per heavy atom. The molecule has 0 saturated heterocycles. The molecule has 0 bridgehead atoms. The molecule has 9 nitrogen and oxygen atoms in total. The first kappa shape index (κ1) is 65.4. The highest BCUT2D eigenvalue weighted by atomic mass is 16.2. The van der Waals surface area contributed by atoms with Crippen molar-refractivity contribution in [3.8, 4) is 0 Å². The summed E-state index contributed by atoms with van der Waals surface area (Å²) in [5, 5.41) is 0. The molecule has 0 rings (SSSR count). The van der Waals surface area contributed by atoms with Crippen LogP contribution in [0.25, 0.3) is 0 Å². The van der Waals surface area contributed by atoms with Gasteiger partial charge in [0.25, 0.3) is 0 Å². The van der Waals surface area contributed by atoms with Gasteiger partial charge >= 0.3 is 0 Å². The summed E-state index contributed by atoms with van der Waals surface area (Å²) in [4.78, 5) is 88.3. The van der Waals surface area contributed by atoms with Gasteiger partial charge in [-0.1, -0.05) is 59.2 Å². The largest absolute Gasteiger partial charge is 0.295 e. The molecule has 0 unspecified atom stereocenters. The van der Waals surface area contributed by atoms with Gasteiger partial charge in [-0.05, 0) is 136 Å². The molecule has 270 valence electrons. The standard InChI is InChI=1S/3C5H8O.6C4H6O/c3*1-4(2)5(3)6;6*1-3-4(2)5/h3*1H2,2-3H3;6*3H,1H2,2H3. The molecule has 0 aliphatic rings. The first-order valence-electron chi connectivity index (χ1n) is 13.8. The second-order valence-corrected chi connectivity index (χ2v) is 8.90. The summed E-state index contributed by atoms with van der Waals surface area (Å²) in [6.45, 7) is 47.9. The molecule has 0 fully saturated rings. The fourth-order valence-corrected chi connectivity index (χ4v) is 0. The van der Waals surface area contributed by atoms with E-state index in [0.717, 1.165) is 0 Å². The van der Waals surface area contributed by atoms with Crippen molar-refractivity contribution in [2.24, 2.45) is 0 Å². The lowest BCUT2D eigenvalue weighted by atomic mass is 10.3. The van der Waals surface area contributed by atoms with Crippen molar-refractivity contribution in [3.05, 3.63) is 112 Å². The van der Waals surface area contributed by atoms with E-state index < -0.39 is 0 Å². The average molecular weight is 673 g/mol. The van der Waals surface area contributed by atoms with E-state index in [9.17, 15) is 43.2 Å². The number of carbonyl (C=O) groups excluding carboxylic acids is 9. The molecule has 0 N–H and O–H groups in total. The van der Waals surface area contributed by atoms with Gasteiger partial charge in [-0.3, -0.25) is 43.2 Å². The SMILES string of the molecule is C=C(C)C(C)=O.C=C(C)C(C)=O.C=C(C)C(C)=O.C=CC(C)=O.C=CC(C)=O.C=CC(C)=O.C=CC(C)=O.C=CC(C)=O.C=CC(C)=O. The minimum atomic E-state index is 0.0185. The van der Waals surface area contributed by atoms with E-state index in [4.69, 9.17) is 0 Å². The summed E-state index contributed by atoms with van der Waals surface area (Å²) in [5.74, 6) is 0.306. The quantitative estimate of drug-likeness (QED) is 0.221. The molecular formula is C39H60O9. The number of allylic oxidation sites excluding steroid dienone is 9. The molecule has 0 aromatic rings. The van der Waals surface area contributed by atoms with Crippen LogP contribution in [-0.4, -0.2) is 52.0 Å². The van der Waals surface area contributed by atoms with Gasteiger partial charge in [0.1, 0.15) is 0 Å². The maximum absolute atomic E-state index is 10.0. The zero-order valence-electron chi connectivity index (χ0n) is 31.5. The lowest BCUT2D eigenvalue weighted by Gasteiger charge is -1.80. The third-order valence-corrected chi connectivity index (χ3v) is 3.53. The molecule has 48 heavy (non-hydrogen) atoms. The van der Waals surface area contributed by atoms with Crippen LogP contribution >= 0.6 is 0 Å². The summed E-state index contributed by atoms with van der Waals surface area (Å²) in [5.41, 5.74) is 1.86. The molecule has 0 aliphatic heterocycles. The molecule has 0 heterocycles. The van der Waals surface area contributed by atoms with Gasteiger partial charge in [0, 0.05) is 0 Å². The van der Waals surface area contributed by atoms with Crippen molar-refractivity contribution < 1.29 is 43.2 Å². The van der Waals surface area contributed by atoms with Crippen LogP contribution in [0.2, 0.25) is 0 Å². The maximum Gasteiger partial charge on any atom is 0.154 e. The van der Waals surface area contributed by atoms with Gasteiger partial charge in [-0.15, -0.1) is 0 Å². The van der Waals surface area contributed by atoms with Crippen LogP contribution in [0.1, 0.15) is 83.1 Å². The van der Waals surface area contributed by atoms with Gasteiger partial charge < -0.3 is 0 Å². The van der Waals surface area contributed by atoms with Crippen molar-refractivity contribution in [3.63, 3.8) is 0 Å². The first-order valence-corrected chi connectivity index (χ1v) is 13.8. The van der Waals surface area contributed by atoms with Gasteiger partial charge in [0.05, 0.1) is 0 Å². The first-order chi connectivity index (χ1) is 21.5. The van der Waals surface area contributed by atoms with Crippen molar-refractivity contribution in [1.29, 1.82) is 0 Å². The van der Waals surface area contributed by atoms with E-state index in [-0.39, 0.29) is 52.0 Å². The van der Waals surface area contributed by atoms with E-state index in [0.29, 0.717) is 16.7 Å². The molecule has 0 radical (unpaired) electrons. The van der Waals surface area contributed by atoms with E-state index in [1.165, 1.54) is 98.8 Å². The predicted molar refractivity (Wildman–Crippen MR) is 202 cm³/mol. The number of rotatable bonds is 9. The number of carbonyl (C=O) groups is 9. The number of Topliss-reactive ketones (excluding diaryl/α,β-unsaturated/α-hetero) is 3. The van der Waals surface area contributed by atoms with Crippen LogP contribution in [0.5, 0.6) is 0 Å². The van der Waals surface area contributed by atoms with Crippen molar-refractivity contribution in [2.75, 3.05) is 0 Å². The predicted octanol–water partition coefficient (Wildman–Crippen LogP) is 8.02. The van der Waals surface area contributed by atoms with E-state index in [1.807, 2.05) is 0 Å². The molecular weight excluding hydrogens is 612 g/mol. The molecule has 0 aliphatic carbocycles. The Hall–Kier alpha value is -5.31. The van der Waals surface area contributed by atoms with Gasteiger partial charge in [-0.2, -0.15) is 0 Å². The molecule has 0 atom stereocenters. The average Bonchev–Trinajstić information content (AvgIpc) is 2.99. The maximum atomic E-state index is 10.0. The van der Waals surface area contributed by atoms with Crippen LogP contribution in [-0.2, 0) is 43.2 Å². The lowest BCUT2D eigenvalue weighted by molar-refractivity contribution is -0.114. The Bertz CT molecular complexity index is 909.